The van der Waals surface area contributed by atoms with Crippen molar-refractivity contribution in [2.75, 3.05) is 0 Å². The fourth-order valence-electron chi connectivity index (χ4n) is 2.30. The van der Waals surface area contributed by atoms with E-state index in [1.807, 2.05) is 0 Å². The average molecular weight is 322 g/mol. The fraction of sp³-hybridized carbons (Fsp3) is 0.250. The Hall–Kier alpha value is -2.98. The first-order valence-electron chi connectivity index (χ1n) is 6.57. The van der Waals surface area contributed by atoms with Gasteiger partial charge in [-0.1, -0.05) is 0 Å². The number of hydrogen-bond acceptors (Lipinski definition) is 5. The molecule has 4 aromatic rings. The Morgan fingerprint density at radius 3 is 2.83 bits per heavy atom. The maximum absolute atomic E-state index is 12.7. The van der Waals surface area contributed by atoms with Gasteiger partial charge in [-0.2, -0.15) is 23.4 Å². The maximum Gasteiger partial charge on any atom is 0.435 e. The van der Waals surface area contributed by atoms with Crippen LogP contribution in [0.2, 0.25) is 0 Å². The second-order valence-corrected chi connectivity index (χ2v) is 5.00. The highest BCUT2D eigenvalue weighted by molar-refractivity contribution is 5.87. The first-order valence-corrected chi connectivity index (χ1v) is 6.57. The van der Waals surface area contributed by atoms with E-state index in [1.165, 1.54) is 15.5 Å². The minimum Gasteiger partial charge on any atom is -0.262 e. The lowest BCUT2D eigenvalue weighted by atomic mass is 10.3. The topological polar surface area (TPSA) is 89.6 Å². The smallest absolute Gasteiger partial charge is 0.262 e. The van der Waals surface area contributed by atoms with Crippen LogP contribution in [0.3, 0.4) is 0 Å². The third kappa shape index (κ3) is 2.20. The van der Waals surface area contributed by atoms with Crippen LogP contribution in [0.5, 0.6) is 0 Å². The molecule has 0 atom stereocenters. The summed E-state index contributed by atoms with van der Waals surface area (Å²) in [6.07, 6.45) is -1.45. The van der Waals surface area contributed by atoms with Crippen LogP contribution in [0, 0.1) is 6.92 Å². The van der Waals surface area contributed by atoms with Gasteiger partial charge in [0.25, 0.3) is 0 Å². The third-order valence-corrected chi connectivity index (χ3v) is 3.39. The highest BCUT2D eigenvalue weighted by Crippen LogP contribution is 2.28. The van der Waals surface area contributed by atoms with Gasteiger partial charge in [0.2, 0.25) is 0 Å². The van der Waals surface area contributed by atoms with Crippen molar-refractivity contribution in [1.82, 2.24) is 39.6 Å². The van der Waals surface area contributed by atoms with Gasteiger partial charge in [0, 0.05) is 5.69 Å². The van der Waals surface area contributed by atoms with Gasteiger partial charge in [-0.3, -0.25) is 9.78 Å². The molecule has 4 heterocycles. The second kappa shape index (κ2) is 4.51. The molecule has 8 nitrogen and oxygen atoms in total. The number of fused-ring (bicyclic) bond motifs is 3. The summed E-state index contributed by atoms with van der Waals surface area (Å²) in [7, 11) is 0. The Bertz CT molecular complexity index is 1010. The van der Waals surface area contributed by atoms with E-state index in [1.54, 1.807) is 13.1 Å². The van der Waals surface area contributed by atoms with Crippen molar-refractivity contribution in [3.63, 3.8) is 0 Å². The molecule has 0 saturated heterocycles. The Morgan fingerprint density at radius 1 is 1.26 bits per heavy atom. The number of H-pyrrole nitrogens is 1. The molecule has 11 heteroatoms. The summed E-state index contributed by atoms with van der Waals surface area (Å²) in [4.78, 5) is 8.45. The lowest BCUT2D eigenvalue weighted by molar-refractivity contribution is -0.141. The van der Waals surface area contributed by atoms with E-state index in [-0.39, 0.29) is 6.54 Å². The first-order chi connectivity index (χ1) is 10.9. The monoisotopic (exact) mass is 322 g/mol. The highest BCUT2D eigenvalue weighted by atomic mass is 19.4. The van der Waals surface area contributed by atoms with E-state index in [4.69, 9.17) is 0 Å². The van der Waals surface area contributed by atoms with Crippen molar-refractivity contribution in [1.29, 1.82) is 0 Å². The molecular formula is C12H9F3N8. The SMILES string of the molecule is Cc1cc(C(F)(F)F)nn1Cc1nc2c3cn[nH]c3ncn2n1. The van der Waals surface area contributed by atoms with Crippen LogP contribution in [0.15, 0.2) is 18.6 Å². The van der Waals surface area contributed by atoms with Crippen molar-refractivity contribution in [3.8, 4) is 0 Å². The largest absolute Gasteiger partial charge is 0.435 e. The second-order valence-electron chi connectivity index (χ2n) is 5.00. The molecule has 0 unspecified atom stereocenters. The number of nitrogens with one attached hydrogen (secondary N) is 1. The molecule has 0 radical (unpaired) electrons. The van der Waals surface area contributed by atoms with Gasteiger partial charge in [0.15, 0.2) is 22.8 Å². The molecule has 118 valence electrons. The molecule has 0 amide bonds. The van der Waals surface area contributed by atoms with Crippen LogP contribution in [0.1, 0.15) is 17.2 Å². The Kier molecular flexibility index (Phi) is 2.68. The molecule has 0 spiro atoms. The van der Waals surface area contributed by atoms with Crippen LogP contribution in [0.25, 0.3) is 16.7 Å². The third-order valence-electron chi connectivity index (χ3n) is 3.39. The van der Waals surface area contributed by atoms with E-state index in [0.29, 0.717) is 28.2 Å². The molecule has 0 bridgehead atoms. The zero-order valence-corrected chi connectivity index (χ0v) is 11.7. The molecule has 23 heavy (non-hydrogen) atoms. The van der Waals surface area contributed by atoms with Gasteiger partial charge in [-0.05, 0) is 13.0 Å². The van der Waals surface area contributed by atoms with Gasteiger partial charge < -0.3 is 0 Å². The summed E-state index contributed by atoms with van der Waals surface area (Å²) in [5.41, 5.74) is 0.533. The Balaban J connectivity index is 1.74. The standard InChI is InChI=1S/C12H9F3N8/c1-6-2-8(12(13,14)15)20-22(6)4-9-18-11-7-3-17-19-10(7)16-5-23(11)21-9/h2-3,5H,4H2,1H3,(H,17,19). The molecule has 0 aliphatic rings. The van der Waals surface area contributed by atoms with Crippen LogP contribution < -0.4 is 0 Å². The van der Waals surface area contributed by atoms with E-state index >= 15 is 0 Å². The molecular weight excluding hydrogens is 313 g/mol. The van der Waals surface area contributed by atoms with E-state index in [0.717, 1.165) is 6.07 Å². The van der Waals surface area contributed by atoms with Gasteiger partial charge >= 0.3 is 6.18 Å². The number of alkyl halides is 3. The van der Waals surface area contributed by atoms with Gasteiger partial charge in [-0.25, -0.2) is 14.5 Å². The number of halogens is 3. The quantitative estimate of drug-likeness (QED) is 0.605. The number of aromatic nitrogens is 8. The zero-order chi connectivity index (χ0) is 16.2. The van der Waals surface area contributed by atoms with Crippen molar-refractivity contribution in [3.05, 3.63) is 35.8 Å². The average Bonchev–Trinajstić information content (AvgIpc) is 3.16. The first kappa shape index (κ1) is 13.7. The van der Waals surface area contributed by atoms with Crippen molar-refractivity contribution >= 4 is 16.7 Å². The summed E-state index contributed by atoms with van der Waals surface area (Å²) < 4.78 is 40.8. The number of rotatable bonds is 2. The number of nitrogens with zero attached hydrogens (tertiary/aromatic N) is 7. The molecule has 0 saturated carbocycles. The van der Waals surface area contributed by atoms with Gasteiger partial charge in [-0.15, -0.1) is 5.10 Å². The van der Waals surface area contributed by atoms with Crippen LogP contribution in [0.4, 0.5) is 13.2 Å². The molecule has 0 aliphatic heterocycles. The predicted octanol–water partition coefficient (Wildman–Crippen LogP) is 1.57. The molecule has 0 aromatic carbocycles. The van der Waals surface area contributed by atoms with Crippen molar-refractivity contribution < 1.29 is 13.2 Å². The molecule has 4 rings (SSSR count). The van der Waals surface area contributed by atoms with E-state index in [2.05, 4.69) is 30.4 Å². The van der Waals surface area contributed by atoms with Crippen LogP contribution in [-0.2, 0) is 12.7 Å². The minimum atomic E-state index is -4.48. The van der Waals surface area contributed by atoms with Gasteiger partial charge in [0.05, 0.1) is 11.6 Å². The number of aryl methyl sites for hydroxylation is 1. The molecule has 0 aliphatic carbocycles. The fourth-order valence-corrected chi connectivity index (χ4v) is 2.30. The molecule has 1 N–H and O–H groups in total. The number of aromatic amines is 1. The summed E-state index contributed by atoms with van der Waals surface area (Å²) in [6, 6.07) is 0.992. The van der Waals surface area contributed by atoms with E-state index < -0.39 is 11.9 Å². The lowest BCUT2D eigenvalue weighted by Crippen LogP contribution is -2.09. The normalized spacial score (nSPS) is 12.5. The Labute approximate surface area is 126 Å². The number of hydrogen-bond donors (Lipinski definition) is 1. The lowest BCUT2D eigenvalue weighted by Gasteiger charge is -2.01. The van der Waals surface area contributed by atoms with Crippen molar-refractivity contribution in [2.45, 2.75) is 19.6 Å². The highest BCUT2D eigenvalue weighted by Gasteiger charge is 2.34. The van der Waals surface area contributed by atoms with Gasteiger partial charge in [0.1, 0.15) is 12.9 Å². The summed E-state index contributed by atoms with van der Waals surface area (Å²) in [5, 5.41) is 15.0. The molecule has 0 fully saturated rings. The molecule has 4 aromatic heterocycles. The predicted molar refractivity (Wildman–Crippen MR) is 71.5 cm³/mol. The summed E-state index contributed by atoms with van der Waals surface area (Å²) in [5.74, 6) is 0.334. The minimum absolute atomic E-state index is 0.0307. The zero-order valence-electron chi connectivity index (χ0n) is 11.7. The van der Waals surface area contributed by atoms with Crippen LogP contribution >= 0.6 is 0 Å². The van der Waals surface area contributed by atoms with Crippen molar-refractivity contribution in [2.24, 2.45) is 0 Å². The maximum atomic E-state index is 12.7. The summed E-state index contributed by atoms with van der Waals surface area (Å²) in [6.45, 7) is 1.58. The Morgan fingerprint density at radius 2 is 2.09 bits per heavy atom. The summed E-state index contributed by atoms with van der Waals surface area (Å²) >= 11 is 0. The van der Waals surface area contributed by atoms with Crippen LogP contribution in [-0.4, -0.2) is 39.6 Å². The van der Waals surface area contributed by atoms with E-state index in [9.17, 15) is 13.2 Å².